The molecule has 3 N–H and O–H groups in total. The van der Waals surface area contributed by atoms with Crippen LogP contribution in [0.4, 0.5) is 20.7 Å². The highest BCUT2D eigenvalue weighted by atomic mass is 19.1. The summed E-state index contributed by atoms with van der Waals surface area (Å²) in [4.78, 5) is 30.7. The summed E-state index contributed by atoms with van der Waals surface area (Å²) in [6.45, 7) is 5.15. The molecular weight excluding hydrogens is 387 g/mol. The molecule has 1 aromatic carbocycles. The highest BCUT2D eigenvalue weighted by Crippen LogP contribution is 2.30. The van der Waals surface area contributed by atoms with E-state index in [1.165, 1.54) is 4.90 Å². The molecule has 1 aromatic heterocycles. The lowest BCUT2D eigenvalue weighted by atomic mass is 9.94. The molecule has 0 radical (unpaired) electrons. The molecule has 0 aliphatic carbocycles. The van der Waals surface area contributed by atoms with Gasteiger partial charge < -0.3 is 20.7 Å². The Hall–Kier alpha value is -3.16. The smallest absolute Gasteiger partial charge is 0.410 e. The average Bonchev–Trinajstić information content (AvgIpc) is 2.69. The Morgan fingerprint density at radius 1 is 1.20 bits per heavy atom. The van der Waals surface area contributed by atoms with Crippen LogP contribution in [-0.4, -0.2) is 46.2 Å². The lowest BCUT2D eigenvalue weighted by Gasteiger charge is -2.36. The lowest BCUT2D eigenvalue weighted by molar-refractivity contribution is -0.130. The van der Waals surface area contributed by atoms with Gasteiger partial charge in [-0.05, 0) is 45.7 Å². The molecule has 2 amide bonds. The van der Waals surface area contributed by atoms with E-state index in [0.717, 1.165) is 5.56 Å². The summed E-state index contributed by atoms with van der Waals surface area (Å²) >= 11 is 0. The normalized spacial score (nSPS) is 19.3. The van der Waals surface area contributed by atoms with Crippen LogP contribution in [-0.2, 0) is 9.53 Å². The van der Waals surface area contributed by atoms with Gasteiger partial charge in [0.05, 0.1) is 17.9 Å². The Morgan fingerprint density at radius 2 is 1.90 bits per heavy atom. The summed E-state index contributed by atoms with van der Waals surface area (Å²) < 4.78 is 20.8. The zero-order valence-corrected chi connectivity index (χ0v) is 17.4. The van der Waals surface area contributed by atoms with Crippen LogP contribution in [0.15, 0.2) is 42.5 Å². The summed E-state index contributed by atoms with van der Waals surface area (Å²) in [6, 6.07) is 12.7. The number of nitrogens with zero attached hydrogens (tertiary/aromatic N) is 2. The van der Waals surface area contributed by atoms with E-state index in [0.29, 0.717) is 18.7 Å². The molecule has 30 heavy (non-hydrogen) atoms. The van der Waals surface area contributed by atoms with Crippen LogP contribution < -0.4 is 11.1 Å². The quantitative estimate of drug-likeness (QED) is 0.791. The van der Waals surface area contributed by atoms with E-state index in [2.05, 4.69) is 10.3 Å². The molecule has 3 rings (SSSR count). The van der Waals surface area contributed by atoms with E-state index in [4.69, 9.17) is 10.5 Å². The molecule has 1 atom stereocenters. The molecule has 0 bridgehead atoms. The highest BCUT2D eigenvalue weighted by Gasteiger charge is 2.45. The molecule has 1 fully saturated rings. The number of alkyl halides is 1. The Morgan fingerprint density at radius 3 is 2.57 bits per heavy atom. The first kappa shape index (κ1) is 21.5. The number of amides is 2. The summed E-state index contributed by atoms with van der Waals surface area (Å²) in [5, 5.41) is 2.51. The van der Waals surface area contributed by atoms with Gasteiger partial charge in [0, 0.05) is 12.1 Å². The van der Waals surface area contributed by atoms with Gasteiger partial charge >= 0.3 is 6.09 Å². The van der Waals surface area contributed by atoms with Crippen molar-refractivity contribution < 1.29 is 18.7 Å². The standard InChI is InChI=1S/C22H27FN4O3/c1-21(2,3)30-20(29)27-13-7-12-22(23,14-27)19(28)26-18-16(24)10-11-17(25-18)15-8-5-4-6-9-15/h4-6,8-11H,7,12-14,24H2,1-3H3,(H,25,26,28). The second-order valence-electron chi connectivity index (χ2n) is 8.43. The molecule has 2 heterocycles. The number of ether oxygens (including phenoxy) is 1. The molecule has 160 valence electrons. The molecule has 8 heteroatoms. The fourth-order valence-electron chi connectivity index (χ4n) is 3.24. The van der Waals surface area contributed by atoms with Gasteiger partial charge in [-0.25, -0.2) is 14.2 Å². The third-order valence-electron chi connectivity index (χ3n) is 4.73. The van der Waals surface area contributed by atoms with Crippen LogP contribution in [0.25, 0.3) is 11.3 Å². The van der Waals surface area contributed by atoms with Gasteiger partial charge in [0.1, 0.15) is 5.60 Å². The minimum absolute atomic E-state index is 0.00356. The molecule has 7 nitrogen and oxygen atoms in total. The number of pyridine rings is 1. The Labute approximate surface area is 175 Å². The topological polar surface area (TPSA) is 97.5 Å². The number of aromatic nitrogens is 1. The molecule has 1 aliphatic heterocycles. The minimum atomic E-state index is -2.26. The first-order chi connectivity index (χ1) is 14.1. The zero-order valence-electron chi connectivity index (χ0n) is 17.4. The number of carbonyl (C=O) groups excluding carboxylic acids is 2. The first-order valence-corrected chi connectivity index (χ1v) is 9.88. The summed E-state index contributed by atoms with van der Waals surface area (Å²) in [6.07, 6.45) is -0.298. The van der Waals surface area contributed by atoms with Crippen molar-refractivity contribution in [3.63, 3.8) is 0 Å². The number of hydrogen-bond donors (Lipinski definition) is 2. The van der Waals surface area contributed by atoms with Crippen molar-refractivity contribution >= 4 is 23.5 Å². The Kier molecular flexibility index (Phi) is 5.96. The van der Waals surface area contributed by atoms with Crippen LogP contribution in [0, 0.1) is 0 Å². The number of piperidine rings is 1. The summed E-state index contributed by atoms with van der Waals surface area (Å²) in [5.41, 5.74) is 4.67. The fraction of sp³-hybridized carbons (Fsp3) is 0.409. The fourth-order valence-corrected chi connectivity index (χ4v) is 3.24. The van der Waals surface area contributed by atoms with Crippen LogP contribution in [0.1, 0.15) is 33.6 Å². The number of hydrogen-bond acceptors (Lipinski definition) is 5. The number of anilines is 2. The van der Waals surface area contributed by atoms with E-state index in [-0.39, 0.29) is 24.5 Å². The largest absolute Gasteiger partial charge is 0.444 e. The van der Waals surface area contributed by atoms with Crippen LogP contribution in [0.5, 0.6) is 0 Å². The van der Waals surface area contributed by atoms with Crippen LogP contribution in [0.3, 0.4) is 0 Å². The second kappa shape index (κ2) is 8.30. The third-order valence-corrected chi connectivity index (χ3v) is 4.73. The van der Waals surface area contributed by atoms with Crippen molar-refractivity contribution in [1.29, 1.82) is 0 Å². The van der Waals surface area contributed by atoms with Gasteiger partial charge in [0.2, 0.25) is 5.67 Å². The van der Waals surface area contributed by atoms with E-state index >= 15 is 4.39 Å². The van der Waals surface area contributed by atoms with Crippen LogP contribution in [0.2, 0.25) is 0 Å². The van der Waals surface area contributed by atoms with Crippen molar-refractivity contribution in [2.75, 3.05) is 24.1 Å². The van der Waals surface area contributed by atoms with Gasteiger partial charge in [-0.15, -0.1) is 0 Å². The number of halogens is 1. The Balaban J connectivity index is 1.75. The van der Waals surface area contributed by atoms with Crippen molar-refractivity contribution in [3.8, 4) is 11.3 Å². The van der Waals surface area contributed by atoms with Gasteiger partial charge in [0.25, 0.3) is 5.91 Å². The number of carbonyl (C=O) groups is 2. The molecule has 2 aromatic rings. The second-order valence-corrected chi connectivity index (χ2v) is 8.43. The van der Waals surface area contributed by atoms with Gasteiger partial charge in [-0.2, -0.15) is 0 Å². The number of nitrogens with two attached hydrogens (primary N) is 1. The van der Waals surface area contributed by atoms with Gasteiger partial charge in [-0.1, -0.05) is 30.3 Å². The number of nitrogens with one attached hydrogen (secondary N) is 1. The predicted molar refractivity (Wildman–Crippen MR) is 114 cm³/mol. The lowest BCUT2D eigenvalue weighted by Crippen LogP contribution is -2.54. The maximum Gasteiger partial charge on any atom is 0.410 e. The zero-order chi connectivity index (χ0) is 21.9. The van der Waals surface area contributed by atoms with E-state index in [1.807, 2.05) is 30.3 Å². The van der Waals surface area contributed by atoms with Crippen molar-refractivity contribution in [2.24, 2.45) is 0 Å². The first-order valence-electron chi connectivity index (χ1n) is 9.88. The van der Waals surface area contributed by atoms with Gasteiger partial charge in [-0.3, -0.25) is 4.79 Å². The van der Waals surface area contributed by atoms with E-state index in [9.17, 15) is 9.59 Å². The molecule has 0 saturated carbocycles. The Bertz CT molecular complexity index is 930. The van der Waals surface area contributed by atoms with Crippen molar-refractivity contribution in [2.45, 2.75) is 44.9 Å². The number of benzene rings is 1. The summed E-state index contributed by atoms with van der Waals surface area (Å²) in [5.74, 6) is -0.784. The van der Waals surface area contributed by atoms with Crippen LogP contribution >= 0.6 is 0 Å². The average molecular weight is 414 g/mol. The molecule has 1 aliphatic rings. The predicted octanol–water partition coefficient (Wildman–Crippen LogP) is 4.01. The SMILES string of the molecule is CC(C)(C)OC(=O)N1CCCC(F)(C(=O)Nc2nc(-c3ccccc3)ccc2N)C1. The molecule has 1 saturated heterocycles. The third kappa shape index (κ3) is 5.06. The maximum absolute atomic E-state index is 15.5. The molecular formula is C22H27FN4O3. The van der Waals surface area contributed by atoms with Gasteiger partial charge in [0.15, 0.2) is 5.82 Å². The van der Waals surface area contributed by atoms with E-state index in [1.54, 1.807) is 32.9 Å². The van der Waals surface area contributed by atoms with Crippen molar-refractivity contribution in [3.05, 3.63) is 42.5 Å². The van der Waals surface area contributed by atoms with Crippen molar-refractivity contribution in [1.82, 2.24) is 9.88 Å². The minimum Gasteiger partial charge on any atom is -0.444 e. The monoisotopic (exact) mass is 414 g/mol. The maximum atomic E-state index is 15.5. The molecule has 0 spiro atoms. The number of likely N-dealkylation sites (tertiary alicyclic amines) is 1. The number of rotatable bonds is 3. The molecule has 1 unspecified atom stereocenters. The van der Waals surface area contributed by atoms with E-state index < -0.39 is 23.3 Å². The highest BCUT2D eigenvalue weighted by molar-refractivity contribution is 5.99. The summed E-state index contributed by atoms with van der Waals surface area (Å²) in [7, 11) is 0. The number of nitrogen functional groups attached to an aromatic ring is 1.